The quantitative estimate of drug-likeness (QED) is 0.762. The summed E-state index contributed by atoms with van der Waals surface area (Å²) in [6.45, 7) is 1.88. The van der Waals surface area contributed by atoms with E-state index in [0.717, 1.165) is 12.0 Å². The number of aromatic nitrogens is 1. The van der Waals surface area contributed by atoms with Gasteiger partial charge in [0.05, 0.1) is 6.04 Å². The Morgan fingerprint density at radius 3 is 2.93 bits per heavy atom. The van der Waals surface area contributed by atoms with Crippen LogP contribution >= 0.6 is 0 Å². The molecular formula is C11H16N2O. The molecule has 0 aliphatic rings. The van der Waals surface area contributed by atoms with Gasteiger partial charge in [-0.2, -0.15) is 0 Å². The van der Waals surface area contributed by atoms with E-state index in [1.807, 2.05) is 26.1 Å². The fourth-order valence-electron chi connectivity index (χ4n) is 1.38. The number of nitrogens with one attached hydrogen (secondary N) is 1. The summed E-state index contributed by atoms with van der Waals surface area (Å²) in [5.74, 6) is 0.247. The number of carbonyl (C=O) groups is 1. The van der Waals surface area contributed by atoms with Crippen LogP contribution in [0.3, 0.4) is 0 Å². The number of ketones is 1. The molecular weight excluding hydrogens is 176 g/mol. The van der Waals surface area contributed by atoms with Crippen molar-refractivity contribution in [1.82, 2.24) is 10.3 Å². The first kappa shape index (κ1) is 10.9. The van der Waals surface area contributed by atoms with Gasteiger partial charge in [-0.25, -0.2) is 0 Å². The van der Waals surface area contributed by atoms with Gasteiger partial charge in [0.2, 0.25) is 0 Å². The predicted molar refractivity (Wildman–Crippen MR) is 56.1 cm³/mol. The minimum Gasteiger partial charge on any atom is -0.310 e. The monoisotopic (exact) mass is 192 g/mol. The van der Waals surface area contributed by atoms with Crippen LogP contribution in [0.5, 0.6) is 0 Å². The number of pyridine rings is 1. The lowest BCUT2D eigenvalue weighted by Crippen LogP contribution is -2.35. The normalized spacial score (nSPS) is 12.4. The summed E-state index contributed by atoms with van der Waals surface area (Å²) in [5, 5.41) is 3.02. The molecule has 14 heavy (non-hydrogen) atoms. The highest BCUT2D eigenvalue weighted by atomic mass is 16.1. The lowest BCUT2D eigenvalue weighted by molar-refractivity contribution is -0.120. The molecule has 1 rings (SSSR count). The molecule has 0 unspecified atom stereocenters. The lowest BCUT2D eigenvalue weighted by atomic mass is 10.0. The van der Waals surface area contributed by atoms with Gasteiger partial charge < -0.3 is 5.32 Å². The van der Waals surface area contributed by atoms with E-state index in [-0.39, 0.29) is 11.8 Å². The fraction of sp³-hybridized carbons (Fsp3) is 0.455. The lowest BCUT2D eigenvalue weighted by Gasteiger charge is -2.13. The molecule has 0 aliphatic heterocycles. The van der Waals surface area contributed by atoms with E-state index < -0.39 is 0 Å². The standard InChI is InChI=1S/C11H16N2O/c1-3-11(14)10(12-2)7-9-5-4-6-13-8-9/h4-6,8,10,12H,3,7H2,1-2H3/t10-/m0/s1. The third-order valence-corrected chi connectivity index (χ3v) is 2.25. The smallest absolute Gasteiger partial charge is 0.149 e. The van der Waals surface area contributed by atoms with Crippen LogP contribution < -0.4 is 5.32 Å². The van der Waals surface area contributed by atoms with Gasteiger partial charge in [0.15, 0.2) is 0 Å². The number of nitrogens with zero attached hydrogens (tertiary/aromatic N) is 1. The second kappa shape index (κ2) is 5.50. The van der Waals surface area contributed by atoms with Crippen LogP contribution in [0.2, 0.25) is 0 Å². The third kappa shape index (κ3) is 2.92. The minimum absolute atomic E-state index is 0.0794. The minimum atomic E-state index is -0.0794. The molecule has 1 heterocycles. The molecule has 0 aliphatic carbocycles. The molecule has 1 aromatic heterocycles. The van der Waals surface area contributed by atoms with Crippen molar-refractivity contribution >= 4 is 5.78 Å². The Bertz CT molecular complexity index is 285. The topological polar surface area (TPSA) is 42.0 Å². The van der Waals surface area contributed by atoms with Crippen molar-refractivity contribution < 1.29 is 4.79 Å². The molecule has 0 aromatic carbocycles. The highest BCUT2D eigenvalue weighted by molar-refractivity contribution is 5.83. The molecule has 0 amide bonds. The second-order valence-corrected chi connectivity index (χ2v) is 3.23. The molecule has 3 nitrogen and oxygen atoms in total. The van der Waals surface area contributed by atoms with Crippen LogP contribution in [0.15, 0.2) is 24.5 Å². The van der Waals surface area contributed by atoms with Crippen molar-refractivity contribution in [2.24, 2.45) is 0 Å². The molecule has 1 atom stereocenters. The molecule has 0 bridgehead atoms. The van der Waals surface area contributed by atoms with E-state index in [4.69, 9.17) is 0 Å². The number of carbonyl (C=O) groups excluding carboxylic acids is 1. The highest BCUT2D eigenvalue weighted by Crippen LogP contribution is 2.03. The Hall–Kier alpha value is -1.22. The van der Waals surface area contributed by atoms with Crippen LogP contribution in [0, 0.1) is 0 Å². The Kier molecular flexibility index (Phi) is 4.26. The highest BCUT2D eigenvalue weighted by Gasteiger charge is 2.14. The average molecular weight is 192 g/mol. The SMILES string of the molecule is CCC(=O)[C@H](Cc1cccnc1)NC. The van der Waals surface area contributed by atoms with Gasteiger partial charge in [0, 0.05) is 18.8 Å². The number of likely N-dealkylation sites (N-methyl/N-ethyl adjacent to an activating group) is 1. The van der Waals surface area contributed by atoms with E-state index in [1.165, 1.54) is 0 Å². The third-order valence-electron chi connectivity index (χ3n) is 2.25. The largest absolute Gasteiger partial charge is 0.310 e. The molecule has 0 spiro atoms. The number of hydrogen-bond acceptors (Lipinski definition) is 3. The number of hydrogen-bond donors (Lipinski definition) is 1. The molecule has 1 N–H and O–H groups in total. The van der Waals surface area contributed by atoms with Crippen molar-refractivity contribution in [2.75, 3.05) is 7.05 Å². The summed E-state index contributed by atoms with van der Waals surface area (Å²) in [6.07, 6.45) is 4.83. The van der Waals surface area contributed by atoms with Crippen molar-refractivity contribution in [3.8, 4) is 0 Å². The number of rotatable bonds is 5. The Morgan fingerprint density at radius 1 is 1.64 bits per heavy atom. The second-order valence-electron chi connectivity index (χ2n) is 3.23. The van der Waals surface area contributed by atoms with E-state index in [9.17, 15) is 4.79 Å². The van der Waals surface area contributed by atoms with Crippen LogP contribution in [-0.4, -0.2) is 23.9 Å². The van der Waals surface area contributed by atoms with Crippen molar-refractivity contribution in [3.63, 3.8) is 0 Å². The van der Waals surface area contributed by atoms with Crippen LogP contribution in [-0.2, 0) is 11.2 Å². The molecule has 76 valence electrons. The van der Waals surface area contributed by atoms with Crippen LogP contribution in [0.4, 0.5) is 0 Å². The summed E-state index contributed by atoms with van der Waals surface area (Å²) in [4.78, 5) is 15.5. The molecule has 0 saturated heterocycles. The van der Waals surface area contributed by atoms with Crippen molar-refractivity contribution in [3.05, 3.63) is 30.1 Å². The van der Waals surface area contributed by atoms with E-state index in [1.54, 1.807) is 12.4 Å². The van der Waals surface area contributed by atoms with E-state index in [0.29, 0.717) is 6.42 Å². The van der Waals surface area contributed by atoms with Gasteiger partial charge in [0.25, 0.3) is 0 Å². The van der Waals surface area contributed by atoms with E-state index in [2.05, 4.69) is 10.3 Å². The molecule has 3 heteroatoms. The van der Waals surface area contributed by atoms with Gasteiger partial charge in [0.1, 0.15) is 5.78 Å². The average Bonchev–Trinajstić information content (AvgIpc) is 2.26. The Labute approximate surface area is 84.6 Å². The van der Waals surface area contributed by atoms with Gasteiger partial charge >= 0.3 is 0 Å². The summed E-state index contributed by atoms with van der Waals surface area (Å²) >= 11 is 0. The first-order valence-electron chi connectivity index (χ1n) is 4.86. The zero-order chi connectivity index (χ0) is 10.4. The predicted octanol–water partition coefficient (Wildman–Crippen LogP) is 1.19. The molecule has 0 fully saturated rings. The van der Waals surface area contributed by atoms with Gasteiger partial charge in [-0.1, -0.05) is 13.0 Å². The zero-order valence-corrected chi connectivity index (χ0v) is 8.66. The summed E-state index contributed by atoms with van der Waals surface area (Å²) < 4.78 is 0. The summed E-state index contributed by atoms with van der Waals surface area (Å²) in [6, 6.07) is 3.79. The van der Waals surface area contributed by atoms with Crippen molar-refractivity contribution in [1.29, 1.82) is 0 Å². The maximum Gasteiger partial charge on any atom is 0.149 e. The number of Topliss-reactive ketones (excluding diaryl/α,β-unsaturated/α-hetero) is 1. The Morgan fingerprint density at radius 2 is 2.43 bits per heavy atom. The maximum atomic E-state index is 11.5. The molecule has 1 aromatic rings. The van der Waals surface area contributed by atoms with Gasteiger partial charge in [-0.15, -0.1) is 0 Å². The van der Waals surface area contributed by atoms with Crippen LogP contribution in [0.1, 0.15) is 18.9 Å². The fourth-order valence-corrected chi connectivity index (χ4v) is 1.38. The first-order valence-corrected chi connectivity index (χ1v) is 4.86. The first-order chi connectivity index (χ1) is 6.77. The van der Waals surface area contributed by atoms with E-state index >= 15 is 0 Å². The van der Waals surface area contributed by atoms with Gasteiger partial charge in [-0.05, 0) is 25.1 Å². The molecule has 0 saturated carbocycles. The summed E-state index contributed by atoms with van der Waals surface area (Å²) in [5.41, 5.74) is 1.09. The maximum absolute atomic E-state index is 11.5. The van der Waals surface area contributed by atoms with Crippen molar-refractivity contribution in [2.45, 2.75) is 25.8 Å². The molecule has 0 radical (unpaired) electrons. The van der Waals surface area contributed by atoms with Gasteiger partial charge in [-0.3, -0.25) is 9.78 Å². The summed E-state index contributed by atoms with van der Waals surface area (Å²) in [7, 11) is 1.81. The Balaban J connectivity index is 2.62. The van der Waals surface area contributed by atoms with Crippen LogP contribution in [0.25, 0.3) is 0 Å². The zero-order valence-electron chi connectivity index (χ0n) is 8.66.